The molecule has 0 unspecified atom stereocenters. The number of halogens is 1. The van der Waals surface area contributed by atoms with Crippen LogP contribution in [0.1, 0.15) is 11.4 Å². The van der Waals surface area contributed by atoms with E-state index < -0.39 is 0 Å². The lowest BCUT2D eigenvalue weighted by Gasteiger charge is -2.12. The molecule has 132 valence electrons. The summed E-state index contributed by atoms with van der Waals surface area (Å²) < 4.78 is 7.53. The quantitative estimate of drug-likeness (QED) is 0.488. The molecule has 2 aromatic heterocycles. The first kappa shape index (κ1) is 17.1. The molecule has 0 spiro atoms. The van der Waals surface area contributed by atoms with Gasteiger partial charge < -0.3 is 9.30 Å². The van der Waals surface area contributed by atoms with E-state index in [1.165, 1.54) is 0 Å². The number of benzene rings is 2. The minimum absolute atomic E-state index is 0.407. The Morgan fingerprint density at radius 1 is 1.07 bits per heavy atom. The predicted molar refractivity (Wildman–Crippen MR) is 107 cm³/mol. The molecule has 5 heteroatoms. The first-order valence-corrected chi connectivity index (χ1v) is 8.85. The molecule has 0 bridgehead atoms. The van der Waals surface area contributed by atoms with Crippen molar-refractivity contribution in [3.8, 4) is 23.1 Å². The fraction of sp³-hybridized carbons (Fsp3) is 0.0909. The lowest BCUT2D eigenvalue weighted by molar-refractivity contribution is 0.415. The third-order valence-electron chi connectivity index (χ3n) is 4.49. The van der Waals surface area contributed by atoms with Crippen molar-refractivity contribution in [2.24, 2.45) is 0 Å². The van der Waals surface area contributed by atoms with Gasteiger partial charge in [0, 0.05) is 11.1 Å². The van der Waals surface area contributed by atoms with Crippen LogP contribution in [0, 0.1) is 11.3 Å². The Balaban J connectivity index is 1.92. The van der Waals surface area contributed by atoms with Gasteiger partial charge >= 0.3 is 0 Å². The van der Waals surface area contributed by atoms with E-state index in [2.05, 4.69) is 33.8 Å². The first-order valence-electron chi connectivity index (χ1n) is 8.48. The van der Waals surface area contributed by atoms with Crippen molar-refractivity contribution < 1.29 is 4.74 Å². The summed E-state index contributed by atoms with van der Waals surface area (Å²) in [6.45, 7) is 0.534. The molecule has 0 N–H and O–H groups in total. The topological polar surface area (TPSA) is 50.8 Å². The zero-order chi connectivity index (χ0) is 18.8. The summed E-state index contributed by atoms with van der Waals surface area (Å²) >= 11 is 6.38. The van der Waals surface area contributed by atoms with Crippen LogP contribution in [0.3, 0.4) is 0 Å². The second-order valence-corrected chi connectivity index (χ2v) is 6.56. The summed E-state index contributed by atoms with van der Waals surface area (Å²) in [5.74, 6) is 0.644. The lowest BCUT2D eigenvalue weighted by Crippen LogP contribution is -2.04. The third kappa shape index (κ3) is 3.25. The van der Waals surface area contributed by atoms with Crippen LogP contribution in [0.2, 0.25) is 5.02 Å². The lowest BCUT2D eigenvalue weighted by atomic mass is 10.1. The van der Waals surface area contributed by atoms with E-state index in [1.807, 2.05) is 42.5 Å². The molecule has 4 rings (SSSR count). The van der Waals surface area contributed by atoms with E-state index >= 15 is 0 Å². The van der Waals surface area contributed by atoms with Gasteiger partial charge in [0.1, 0.15) is 17.5 Å². The molecule has 0 saturated carbocycles. The van der Waals surface area contributed by atoms with Gasteiger partial charge in [-0.1, -0.05) is 48.0 Å². The standard InChI is InChI=1S/C22H16ClN3O/c1-27-22-11-16-10-20(15-6-3-2-4-7-15)26(21(16)12-19(22)23)14-18-9-5-8-17(13-24)25-18/h2-12H,14H2,1H3. The maximum atomic E-state index is 9.14. The van der Waals surface area contributed by atoms with Crippen molar-refractivity contribution in [2.45, 2.75) is 6.54 Å². The van der Waals surface area contributed by atoms with E-state index in [-0.39, 0.29) is 0 Å². The average Bonchev–Trinajstić information content (AvgIpc) is 3.05. The number of aromatic nitrogens is 2. The average molecular weight is 374 g/mol. The van der Waals surface area contributed by atoms with Gasteiger partial charge in [0.15, 0.2) is 0 Å². The number of hydrogen-bond acceptors (Lipinski definition) is 3. The van der Waals surface area contributed by atoms with Crippen LogP contribution >= 0.6 is 11.6 Å². The summed E-state index contributed by atoms with van der Waals surface area (Å²) in [5.41, 5.74) is 4.36. The molecule has 0 atom stereocenters. The molecule has 0 aliphatic carbocycles. The molecular formula is C22H16ClN3O. The summed E-state index contributed by atoms with van der Waals surface area (Å²) in [4.78, 5) is 4.42. The van der Waals surface area contributed by atoms with Crippen LogP contribution < -0.4 is 4.74 Å². The number of nitrogens with zero attached hydrogens (tertiary/aromatic N) is 3. The highest BCUT2D eigenvalue weighted by Gasteiger charge is 2.14. The van der Waals surface area contributed by atoms with Crippen molar-refractivity contribution in [3.63, 3.8) is 0 Å². The second kappa shape index (κ2) is 7.14. The number of fused-ring (bicyclic) bond motifs is 1. The van der Waals surface area contributed by atoms with Gasteiger partial charge in [0.2, 0.25) is 0 Å². The summed E-state index contributed by atoms with van der Waals surface area (Å²) in [6, 6.07) is 23.7. The third-order valence-corrected chi connectivity index (χ3v) is 4.78. The molecule has 0 aliphatic heterocycles. The van der Waals surface area contributed by atoms with Gasteiger partial charge in [-0.2, -0.15) is 5.26 Å². The summed E-state index contributed by atoms with van der Waals surface area (Å²) in [6.07, 6.45) is 0. The molecule has 0 fully saturated rings. The SMILES string of the molecule is COc1cc2cc(-c3ccccc3)n(Cc3cccc(C#N)n3)c2cc1Cl. The highest BCUT2D eigenvalue weighted by Crippen LogP contribution is 2.35. The molecule has 0 amide bonds. The number of nitriles is 1. The van der Waals surface area contributed by atoms with E-state index in [0.717, 1.165) is 27.9 Å². The van der Waals surface area contributed by atoms with Crippen LogP contribution in [-0.4, -0.2) is 16.7 Å². The molecule has 0 radical (unpaired) electrons. The fourth-order valence-corrected chi connectivity index (χ4v) is 3.46. The minimum atomic E-state index is 0.407. The number of hydrogen-bond donors (Lipinski definition) is 0. The second-order valence-electron chi connectivity index (χ2n) is 6.15. The van der Waals surface area contributed by atoms with Crippen molar-refractivity contribution in [1.29, 1.82) is 5.26 Å². The number of methoxy groups -OCH3 is 1. The number of rotatable bonds is 4. The Morgan fingerprint density at radius 2 is 1.89 bits per heavy atom. The Morgan fingerprint density at radius 3 is 2.63 bits per heavy atom. The van der Waals surface area contributed by atoms with Crippen LogP contribution in [0.25, 0.3) is 22.2 Å². The van der Waals surface area contributed by atoms with Crippen LogP contribution in [0.15, 0.2) is 66.7 Å². The zero-order valence-electron chi connectivity index (χ0n) is 14.7. The van der Waals surface area contributed by atoms with E-state index in [1.54, 1.807) is 13.2 Å². The van der Waals surface area contributed by atoms with Gasteiger partial charge in [-0.3, -0.25) is 0 Å². The fourth-order valence-electron chi connectivity index (χ4n) is 3.23. The van der Waals surface area contributed by atoms with Gasteiger partial charge in [-0.05, 0) is 35.9 Å². The summed E-state index contributed by atoms with van der Waals surface area (Å²) in [5, 5.41) is 10.7. The highest BCUT2D eigenvalue weighted by molar-refractivity contribution is 6.32. The largest absolute Gasteiger partial charge is 0.495 e. The monoisotopic (exact) mass is 373 g/mol. The van der Waals surface area contributed by atoms with Gasteiger partial charge in [-0.15, -0.1) is 0 Å². The molecule has 4 nitrogen and oxygen atoms in total. The Labute approximate surface area is 162 Å². The maximum Gasteiger partial charge on any atom is 0.140 e. The smallest absolute Gasteiger partial charge is 0.140 e. The Kier molecular flexibility index (Phi) is 4.53. The predicted octanol–water partition coefficient (Wildman–Crippen LogP) is 5.29. The zero-order valence-corrected chi connectivity index (χ0v) is 15.4. The van der Waals surface area contributed by atoms with Gasteiger partial charge in [0.05, 0.1) is 29.9 Å². The number of pyridine rings is 1. The molecule has 0 aliphatic rings. The van der Waals surface area contributed by atoms with Crippen LogP contribution in [0.5, 0.6) is 5.75 Å². The van der Waals surface area contributed by atoms with Crippen molar-refractivity contribution in [1.82, 2.24) is 9.55 Å². The van der Waals surface area contributed by atoms with E-state index in [9.17, 15) is 0 Å². The van der Waals surface area contributed by atoms with Gasteiger partial charge in [-0.25, -0.2) is 4.98 Å². The normalized spacial score (nSPS) is 10.7. The number of ether oxygens (including phenoxy) is 1. The molecule has 2 heterocycles. The van der Waals surface area contributed by atoms with E-state index in [4.69, 9.17) is 21.6 Å². The van der Waals surface area contributed by atoms with E-state index in [0.29, 0.717) is 23.0 Å². The van der Waals surface area contributed by atoms with Crippen molar-refractivity contribution >= 4 is 22.5 Å². The van der Waals surface area contributed by atoms with Crippen LogP contribution in [-0.2, 0) is 6.54 Å². The van der Waals surface area contributed by atoms with Crippen molar-refractivity contribution in [2.75, 3.05) is 7.11 Å². The summed E-state index contributed by atoms with van der Waals surface area (Å²) in [7, 11) is 1.61. The maximum absolute atomic E-state index is 9.14. The van der Waals surface area contributed by atoms with Crippen LogP contribution in [0.4, 0.5) is 0 Å². The molecule has 0 saturated heterocycles. The molecule has 2 aromatic carbocycles. The van der Waals surface area contributed by atoms with Crippen molar-refractivity contribution in [3.05, 3.63) is 83.1 Å². The molecule has 27 heavy (non-hydrogen) atoms. The van der Waals surface area contributed by atoms with Gasteiger partial charge in [0.25, 0.3) is 0 Å². The highest BCUT2D eigenvalue weighted by atomic mass is 35.5. The first-order chi connectivity index (χ1) is 13.2. The minimum Gasteiger partial charge on any atom is -0.495 e. The Bertz CT molecular complexity index is 1160. The molecular weight excluding hydrogens is 358 g/mol. The molecule has 4 aromatic rings. The Hall–Kier alpha value is -3.29.